The summed E-state index contributed by atoms with van der Waals surface area (Å²) in [6.45, 7) is 7.16. The molecule has 2 aromatic rings. The van der Waals surface area contributed by atoms with Crippen LogP contribution in [0.5, 0.6) is 0 Å². The molecule has 2 aliphatic rings. The van der Waals surface area contributed by atoms with Crippen LogP contribution >= 0.6 is 0 Å². The third-order valence-electron chi connectivity index (χ3n) is 4.88. The fraction of sp³-hybridized carbons (Fsp3) is 0.450. The first-order valence-corrected chi connectivity index (χ1v) is 9.06. The van der Waals surface area contributed by atoms with Gasteiger partial charge in [0.1, 0.15) is 5.60 Å². The van der Waals surface area contributed by atoms with Gasteiger partial charge in [0.05, 0.1) is 17.8 Å². The minimum atomic E-state index is -0.461. The Bertz CT molecular complexity index is 786. The number of rotatable bonds is 2. The van der Waals surface area contributed by atoms with Gasteiger partial charge in [-0.3, -0.25) is 0 Å². The van der Waals surface area contributed by atoms with E-state index < -0.39 is 5.60 Å². The van der Waals surface area contributed by atoms with Crippen LogP contribution in [0.3, 0.4) is 0 Å². The summed E-state index contributed by atoms with van der Waals surface area (Å²) in [6, 6.07) is 14.5. The van der Waals surface area contributed by atoms with E-state index in [4.69, 9.17) is 4.74 Å². The van der Waals surface area contributed by atoms with Gasteiger partial charge < -0.3 is 14.5 Å². The van der Waals surface area contributed by atoms with Crippen molar-refractivity contribution in [2.75, 3.05) is 18.0 Å². The van der Waals surface area contributed by atoms with Crippen LogP contribution in [-0.2, 0) is 4.74 Å². The van der Waals surface area contributed by atoms with E-state index in [0.29, 0.717) is 6.54 Å². The van der Waals surface area contributed by atoms with Gasteiger partial charge in [-0.2, -0.15) is 0 Å². The lowest BCUT2D eigenvalue weighted by Gasteiger charge is -2.35. The Balaban J connectivity index is 1.43. The number of piperazine rings is 1. The average Bonchev–Trinajstić information content (AvgIpc) is 3.22. The predicted molar refractivity (Wildman–Crippen MR) is 99.9 cm³/mol. The number of ether oxygens (including phenoxy) is 1. The highest BCUT2D eigenvalue weighted by Gasteiger charge is 2.47. The molecule has 3 heterocycles. The van der Waals surface area contributed by atoms with Gasteiger partial charge in [0.2, 0.25) is 0 Å². The molecule has 0 aliphatic carbocycles. The molecule has 6 nitrogen and oxygen atoms in total. The fourth-order valence-electron chi connectivity index (χ4n) is 3.73. The third kappa shape index (κ3) is 3.23. The third-order valence-corrected chi connectivity index (χ3v) is 4.88. The molecule has 0 radical (unpaired) electrons. The largest absolute Gasteiger partial charge is 0.444 e. The Morgan fingerprint density at radius 3 is 2.38 bits per heavy atom. The maximum atomic E-state index is 12.4. The first-order chi connectivity index (χ1) is 12.4. The van der Waals surface area contributed by atoms with Crippen molar-refractivity contribution in [3.05, 3.63) is 42.5 Å². The highest BCUT2D eigenvalue weighted by Crippen LogP contribution is 2.34. The van der Waals surface area contributed by atoms with Crippen molar-refractivity contribution in [3.63, 3.8) is 0 Å². The van der Waals surface area contributed by atoms with E-state index in [1.54, 1.807) is 0 Å². The SMILES string of the molecule is CC(C)(C)OC(=O)N1C[C@@H]2C[C@H]1CN2c1ccc(-c2ccccc2)nn1. The molecule has 1 aromatic heterocycles. The summed E-state index contributed by atoms with van der Waals surface area (Å²) in [5, 5.41) is 8.81. The van der Waals surface area contributed by atoms with Crippen LogP contribution in [-0.4, -0.2) is 52.0 Å². The van der Waals surface area contributed by atoms with Gasteiger partial charge in [-0.25, -0.2) is 4.79 Å². The number of likely N-dealkylation sites (tertiary alicyclic amines) is 1. The highest BCUT2D eigenvalue weighted by molar-refractivity contribution is 5.70. The molecule has 0 N–H and O–H groups in total. The van der Waals surface area contributed by atoms with Gasteiger partial charge in [-0.05, 0) is 39.3 Å². The van der Waals surface area contributed by atoms with Gasteiger partial charge in [0, 0.05) is 18.7 Å². The van der Waals surface area contributed by atoms with Gasteiger partial charge in [-0.1, -0.05) is 30.3 Å². The van der Waals surface area contributed by atoms with Crippen LogP contribution in [0.25, 0.3) is 11.3 Å². The lowest BCUT2D eigenvalue weighted by atomic mass is 10.1. The summed E-state index contributed by atoms with van der Waals surface area (Å²) in [7, 11) is 0. The Morgan fingerprint density at radius 1 is 1.04 bits per heavy atom. The number of hydrogen-bond acceptors (Lipinski definition) is 5. The summed E-state index contributed by atoms with van der Waals surface area (Å²) in [5.74, 6) is 0.876. The zero-order chi connectivity index (χ0) is 18.3. The minimum Gasteiger partial charge on any atom is -0.444 e. The van der Waals surface area contributed by atoms with Crippen molar-refractivity contribution < 1.29 is 9.53 Å². The van der Waals surface area contributed by atoms with Crippen LogP contribution in [0.4, 0.5) is 10.6 Å². The van der Waals surface area contributed by atoms with Crippen molar-refractivity contribution in [1.29, 1.82) is 0 Å². The van der Waals surface area contributed by atoms with Crippen molar-refractivity contribution in [2.45, 2.75) is 44.9 Å². The zero-order valence-electron chi connectivity index (χ0n) is 15.4. The van der Waals surface area contributed by atoms with Crippen LogP contribution in [0.1, 0.15) is 27.2 Å². The average molecular weight is 352 g/mol. The Kier molecular flexibility index (Phi) is 4.05. The molecule has 2 aliphatic heterocycles. The van der Waals surface area contributed by atoms with Crippen molar-refractivity contribution in [3.8, 4) is 11.3 Å². The molecule has 2 atom stereocenters. The molecular formula is C20H24N4O2. The Labute approximate surface area is 153 Å². The quantitative estimate of drug-likeness (QED) is 0.830. The Hall–Kier alpha value is -2.63. The number of amides is 1. The van der Waals surface area contributed by atoms with E-state index in [1.807, 2.05) is 68.1 Å². The number of benzene rings is 1. The minimum absolute atomic E-state index is 0.186. The molecule has 4 rings (SSSR count). The van der Waals surface area contributed by atoms with Crippen molar-refractivity contribution in [1.82, 2.24) is 15.1 Å². The van der Waals surface area contributed by atoms with Crippen LogP contribution in [0.2, 0.25) is 0 Å². The summed E-state index contributed by atoms with van der Waals surface area (Å²) >= 11 is 0. The highest BCUT2D eigenvalue weighted by atomic mass is 16.6. The fourth-order valence-corrected chi connectivity index (χ4v) is 3.73. The molecule has 136 valence electrons. The summed E-state index contributed by atoms with van der Waals surface area (Å²) in [5.41, 5.74) is 1.47. The molecule has 0 spiro atoms. The van der Waals surface area contributed by atoms with E-state index in [2.05, 4.69) is 15.1 Å². The lowest BCUT2D eigenvalue weighted by Crippen LogP contribution is -2.50. The molecule has 0 unspecified atom stereocenters. The van der Waals surface area contributed by atoms with Gasteiger partial charge in [0.25, 0.3) is 0 Å². The van der Waals surface area contributed by atoms with E-state index in [9.17, 15) is 4.79 Å². The molecule has 2 saturated heterocycles. The molecule has 0 saturated carbocycles. The maximum Gasteiger partial charge on any atom is 0.410 e. The second-order valence-electron chi connectivity index (χ2n) is 7.97. The second-order valence-corrected chi connectivity index (χ2v) is 7.97. The van der Waals surface area contributed by atoms with Crippen LogP contribution in [0.15, 0.2) is 42.5 Å². The molecule has 1 aromatic carbocycles. The number of carbonyl (C=O) groups excluding carboxylic acids is 1. The number of aromatic nitrogens is 2. The number of carbonyl (C=O) groups is 1. The monoisotopic (exact) mass is 352 g/mol. The Morgan fingerprint density at radius 2 is 1.81 bits per heavy atom. The molecule has 6 heteroatoms. The molecule has 2 fully saturated rings. The topological polar surface area (TPSA) is 58.6 Å². The van der Waals surface area contributed by atoms with Gasteiger partial charge in [-0.15, -0.1) is 10.2 Å². The second kappa shape index (κ2) is 6.27. The van der Waals surface area contributed by atoms with E-state index in [1.165, 1.54) is 0 Å². The lowest BCUT2D eigenvalue weighted by molar-refractivity contribution is 0.0214. The van der Waals surface area contributed by atoms with Gasteiger partial charge >= 0.3 is 6.09 Å². The van der Waals surface area contributed by atoms with E-state index in [-0.39, 0.29) is 18.2 Å². The first kappa shape index (κ1) is 16.8. The van der Waals surface area contributed by atoms with Crippen molar-refractivity contribution in [2.24, 2.45) is 0 Å². The zero-order valence-corrected chi connectivity index (χ0v) is 15.4. The molecular weight excluding hydrogens is 328 g/mol. The van der Waals surface area contributed by atoms with Crippen LogP contribution < -0.4 is 4.90 Å². The standard InChI is InChI=1S/C20H24N4O2/c1-20(2,3)26-19(25)24-13-15-11-16(24)12-23(15)18-10-9-17(21-22-18)14-7-5-4-6-8-14/h4-10,15-16H,11-13H2,1-3H3/t15-,16-/m0/s1. The predicted octanol–water partition coefficient (Wildman–Crippen LogP) is 3.34. The number of anilines is 1. The first-order valence-electron chi connectivity index (χ1n) is 9.06. The smallest absolute Gasteiger partial charge is 0.410 e. The van der Waals surface area contributed by atoms with Gasteiger partial charge in [0.15, 0.2) is 5.82 Å². The number of fused-ring (bicyclic) bond motifs is 2. The number of hydrogen-bond donors (Lipinski definition) is 0. The maximum absolute atomic E-state index is 12.4. The molecule has 26 heavy (non-hydrogen) atoms. The summed E-state index contributed by atoms with van der Waals surface area (Å²) in [6.07, 6.45) is 0.747. The summed E-state index contributed by atoms with van der Waals surface area (Å²) in [4.78, 5) is 16.5. The van der Waals surface area contributed by atoms with E-state index in [0.717, 1.165) is 30.0 Å². The number of nitrogens with zero attached hydrogens (tertiary/aromatic N) is 4. The normalized spacial score (nSPS) is 22.0. The molecule has 1 amide bonds. The van der Waals surface area contributed by atoms with E-state index >= 15 is 0 Å². The van der Waals surface area contributed by atoms with Crippen LogP contribution in [0, 0.1) is 0 Å². The summed E-state index contributed by atoms with van der Waals surface area (Å²) < 4.78 is 5.52. The molecule has 2 bridgehead atoms. The van der Waals surface area contributed by atoms with Crippen molar-refractivity contribution >= 4 is 11.9 Å².